The minimum atomic E-state index is -3.39. The van der Waals surface area contributed by atoms with Crippen LogP contribution >= 0.6 is 0 Å². The molecule has 0 bridgehead atoms. The fourth-order valence-corrected chi connectivity index (χ4v) is 4.11. The van der Waals surface area contributed by atoms with Gasteiger partial charge >= 0.3 is 0 Å². The highest BCUT2D eigenvalue weighted by Crippen LogP contribution is 2.21. The van der Waals surface area contributed by atoms with Gasteiger partial charge in [-0.1, -0.05) is 6.07 Å². The maximum atomic E-state index is 12.8. The average molecular weight is 429 g/mol. The van der Waals surface area contributed by atoms with E-state index in [1.54, 1.807) is 19.1 Å². The van der Waals surface area contributed by atoms with Gasteiger partial charge in [-0.25, -0.2) is 13.4 Å². The summed E-state index contributed by atoms with van der Waals surface area (Å²) in [6.07, 6.45) is 1.13. The smallest absolute Gasteiger partial charge is 0.255 e. The SMILES string of the molecule is Cc1ccc(S(C)(=O)=O)cc1C(=O)Nc1ccc2nc(CN3CCOCC3)[nH]c2c1. The summed E-state index contributed by atoms with van der Waals surface area (Å²) in [5.74, 6) is 0.512. The number of hydrogen-bond donors (Lipinski definition) is 2. The Labute approximate surface area is 175 Å². The first-order chi connectivity index (χ1) is 14.3. The van der Waals surface area contributed by atoms with E-state index < -0.39 is 9.84 Å². The number of morpholine rings is 1. The molecule has 1 aliphatic rings. The Bertz CT molecular complexity index is 1200. The predicted molar refractivity (Wildman–Crippen MR) is 114 cm³/mol. The number of rotatable bonds is 5. The Kier molecular flexibility index (Phi) is 5.59. The van der Waals surface area contributed by atoms with Crippen LogP contribution < -0.4 is 5.32 Å². The molecule has 8 nitrogen and oxygen atoms in total. The van der Waals surface area contributed by atoms with Crippen molar-refractivity contribution in [2.45, 2.75) is 18.4 Å². The molecule has 3 aromatic rings. The van der Waals surface area contributed by atoms with E-state index in [1.165, 1.54) is 12.1 Å². The molecule has 1 aliphatic heterocycles. The van der Waals surface area contributed by atoms with E-state index in [4.69, 9.17) is 4.74 Å². The molecule has 0 aliphatic carbocycles. The Hall–Kier alpha value is -2.75. The van der Waals surface area contributed by atoms with Gasteiger partial charge < -0.3 is 15.0 Å². The Morgan fingerprint density at radius 2 is 1.97 bits per heavy atom. The number of H-pyrrole nitrogens is 1. The predicted octanol–water partition coefficient (Wildman–Crippen LogP) is 2.36. The molecular formula is C21H24N4O4S. The summed E-state index contributed by atoms with van der Waals surface area (Å²) in [6.45, 7) is 5.72. The highest BCUT2D eigenvalue weighted by Gasteiger charge is 2.16. The fraction of sp³-hybridized carbons (Fsp3) is 0.333. The third-order valence-corrected chi connectivity index (χ3v) is 6.26. The van der Waals surface area contributed by atoms with Crippen LogP contribution in [-0.2, 0) is 21.1 Å². The van der Waals surface area contributed by atoms with Gasteiger partial charge in [0, 0.05) is 30.6 Å². The van der Waals surface area contributed by atoms with Gasteiger partial charge in [-0.05, 0) is 42.8 Å². The molecule has 1 aromatic heterocycles. The molecule has 2 heterocycles. The number of nitrogens with zero attached hydrogens (tertiary/aromatic N) is 2. The number of aryl methyl sites for hydroxylation is 1. The van der Waals surface area contributed by atoms with Crippen LogP contribution in [0, 0.1) is 6.92 Å². The lowest BCUT2D eigenvalue weighted by atomic mass is 10.1. The highest BCUT2D eigenvalue weighted by molar-refractivity contribution is 7.90. The van der Waals surface area contributed by atoms with Crippen molar-refractivity contribution in [3.63, 3.8) is 0 Å². The van der Waals surface area contributed by atoms with E-state index in [9.17, 15) is 13.2 Å². The third kappa shape index (κ3) is 4.53. The number of fused-ring (bicyclic) bond motifs is 1. The summed E-state index contributed by atoms with van der Waals surface area (Å²) >= 11 is 0. The van der Waals surface area contributed by atoms with Gasteiger partial charge in [0.05, 0.1) is 35.7 Å². The Balaban J connectivity index is 1.53. The molecule has 158 valence electrons. The normalized spacial score (nSPS) is 15.4. The van der Waals surface area contributed by atoms with E-state index in [0.29, 0.717) is 16.8 Å². The number of aromatic amines is 1. The van der Waals surface area contributed by atoms with Gasteiger partial charge in [0.2, 0.25) is 0 Å². The second-order valence-electron chi connectivity index (χ2n) is 7.51. The minimum absolute atomic E-state index is 0.120. The standard InChI is InChI=1S/C21H24N4O4S/c1-14-3-5-16(30(2,27)28)12-17(14)21(26)22-15-4-6-18-19(11-15)24-20(23-18)13-25-7-9-29-10-8-25/h3-6,11-12H,7-10,13H2,1-2H3,(H,22,26)(H,23,24). The zero-order chi connectivity index (χ0) is 21.3. The van der Waals surface area contributed by atoms with Crippen LogP contribution in [0.2, 0.25) is 0 Å². The molecule has 1 amide bonds. The highest BCUT2D eigenvalue weighted by atomic mass is 32.2. The molecule has 9 heteroatoms. The second-order valence-corrected chi connectivity index (χ2v) is 9.52. The van der Waals surface area contributed by atoms with Crippen molar-refractivity contribution < 1.29 is 17.9 Å². The molecule has 2 aromatic carbocycles. The molecule has 1 fully saturated rings. The quantitative estimate of drug-likeness (QED) is 0.647. The minimum Gasteiger partial charge on any atom is -0.379 e. The summed E-state index contributed by atoms with van der Waals surface area (Å²) in [5, 5.41) is 2.85. The largest absolute Gasteiger partial charge is 0.379 e. The molecule has 2 N–H and O–H groups in total. The summed E-state index contributed by atoms with van der Waals surface area (Å²) in [6, 6.07) is 10.0. The van der Waals surface area contributed by atoms with Gasteiger partial charge in [-0.3, -0.25) is 9.69 Å². The van der Waals surface area contributed by atoms with Crippen molar-refractivity contribution in [3.8, 4) is 0 Å². The number of imidazole rings is 1. The molecule has 4 rings (SSSR count). The van der Waals surface area contributed by atoms with Crippen LogP contribution in [0.4, 0.5) is 5.69 Å². The number of aromatic nitrogens is 2. The summed E-state index contributed by atoms with van der Waals surface area (Å²) in [4.78, 5) is 23.1. The lowest BCUT2D eigenvalue weighted by Crippen LogP contribution is -2.35. The second kappa shape index (κ2) is 8.17. The molecular weight excluding hydrogens is 404 g/mol. The van der Waals surface area contributed by atoms with Gasteiger partial charge in [-0.2, -0.15) is 0 Å². The number of sulfone groups is 1. The van der Waals surface area contributed by atoms with Crippen LogP contribution in [0.5, 0.6) is 0 Å². The maximum absolute atomic E-state index is 12.8. The van der Waals surface area contributed by atoms with Crippen molar-refractivity contribution in [2.24, 2.45) is 0 Å². The van der Waals surface area contributed by atoms with E-state index in [2.05, 4.69) is 20.2 Å². The van der Waals surface area contributed by atoms with Gasteiger partial charge in [-0.15, -0.1) is 0 Å². The molecule has 0 spiro atoms. The lowest BCUT2D eigenvalue weighted by Gasteiger charge is -2.25. The number of hydrogen-bond acceptors (Lipinski definition) is 6. The third-order valence-electron chi connectivity index (χ3n) is 5.15. The fourth-order valence-electron chi connectivity index (χ4n) is 3.46. The van der Waals surface area contributed by atoms with Gasteiger partial charge in [0.1, 0.15) is 5.82 Å². The van der Waals surface area contributed by atoms with Crippen molar-refractivity contribution in [2.75, 3.05) is 37.9 Å². The van der Waals surface area contributed by atoms with Crippen molar-refractivity contribution >= 4 is 32.5 Å². The summed E-state index contributed by atoms with van der Waals surface area (Å²) in [7, 11) is -3.39. The van der Waals surface area contributed by atoms with Crippen LogP contribution in [0.3, 0.4) is 0 Å². The maximum Gasteiger partial charge on any atom is 0.255 e. The van der Waals surface area contributed by atoms with Crippen molar-refractivity contribution in [1.82, 2.24) is 14.9 Å². The first-order valence-electron chi connectivity index (χ1n) is 9.70. The molecule has 30 heavy (non-hydrogen) atoms. The van der Waals surface area contributed by atoms with E-state index >= 15 is 0 Å². The number of amides is 1. The van der Waals surface area contributed by atoms with E-state index in [1.807, 2.05) is 12.1 Å². The monoisotopic (exact) mass is 428 g/mol. The Morgan fingerprint density at radius 3 is 2.70 bits per heavy atom. The van der Waals surface area contributed by atoms with Crippen LogP contribution in [-0.4, -0.2) is 61.8 Å². The molecule has 0 unspecified atom stereocenters. The summed E-state index contributed by atoms with van der Waals surface area (Å²) in [5.41, 5.74) is 3.30. The molecule has 1 saturated heterocycles. The lowest BCUT2D eigenvalue weighted by molar-refractivity contribution is 0.0332. The van der Waals surface area contributed by atoms with Crippen LogP contribution in [0.15, 0.2) is 41.3 Å². The van der Waals surface area contributed by atoms with Gasteiger partial charge in [0.15, 0.2) is 9.84 Å². The zero-order valence-electron chi connectivity index (χ0n) is 16.9. The number of anilines is 1. The first kappa shape index (κ1) is 20.5. The number of ether oxygens (including phenoxy) is 1. The van der Waals surface area contributed by atoms with Gasteiger partial charge in [0.25, 0.3) is 5.91 Å². The van der Waals surface area contributed by atoms with Crippen LogP contribution in [0.1, 0.15) is 21.7 Å². The Morgan fingerprint density at radius 1 is 1.20 bits per heavy atom. The number of nitrogens with one attached hydrogen (secondary N) is 2. The van der Waals surface area contributed by atoms with Crippen molar-refractivity contribution in [1.29, 1.82) is 0 Å². The zero-order valence-corrected chi connectivity index (χ0v) is 17.8. The molecule has 0 atom stereocenters. The number of carbonyl (C=O) groups is 1. The summed E-state index contributed by atoms with van der Waals surface area (Å²) < 4.78 is 29.0. The molecule has 0 radical (unpaired) electrons. The molecule has 0 saturated carbocycles. The average Bonchev–Trinajstić information content (AvgIpc) is 3.09. The van der Waals surface area contributed by atoms with Crippen molar-refractivity contribution in [3.05, 3.63) is 53.3 Å². The van der Waals surface area contributed by atoms with Crippen LogP contribution in [0.25, 0.3) is 11.0 Å². The van der Waals surface area contributed by atoms with E-state index in [-0.39, 0.29) is 10.8 Å². The number of carbonyl (C=O) groups excluding carboxylic acids is 1. The van der Waals surface area contributed by atoms with E-state index in [0.717, 1.165) is 56.0 Å². The topological polar surface area (TPSA) is 104 Å². The first-order valence-corrected chi connectivity index (χ1v) is 11.6. The number of benzene rings is 2.